The Hall–Kier alpha value is -2.67. The number of hydrogen-bond acceptors (Lipinski definition) is 4. The summed E-state index contributed by atoms with van der Waals surface area (Å²) in [6, 6.07) is 9.92. The van der Waals surface area contributed by atoms with E-state index in [1.165, 1.54) is 11.3 Å². The number of benzene rings is 1. The van der Waals surface area contributed by atoms with Gasteiger partial charge in [-0.3, -0.25) is 9.48 Å². The first-order valence-electron chi connectivity index (χ1n) is 8.27. The number of amides is 1. The van der Waals surface area contributed by atoms with Crippen LogP contribution < -0.4 is 5.32 Å². The summed E-state index contributed by atoms with van der Waals surface area (Å²) in [5, 5.41) is 8.41. The number of hydrogen-bond donors (Lipinski definition) is 2. The number of aryl methyl sites for hydroxylation is 3. The Morgan fingerprint density at radius 1 is 1.36 bits per heavy atom. The number of aromatic amines is 1. The van der Waals surface area contributed by atoms with Gasteiger partial charge in [0.1, 0.15) is 10.7 Å². The van der Waals surface area contributed by atoms with Gasteiger partial charge in [-0.05, 0) is 31.5 Å². The number of carbonyl (C=O) groups is 1. The van der Waals surface area contributed by atoms with Gasteiger partial charge in [0, 0.05) is 25.4 Å². The topological polar surface area (TPSA) is 75.6 Å². The lowest BCUT2D eigenvalue weighted by Gasteiger charge is -2.02. The maximum Gasteiger partial charge on any atom is 0.261 e. The number of nitrogens with one attached hydrogen (secondary N) is 2. The molecule has 128 valence electrons. The number of carbonyl (C=O) groups excluding carboxylic acids is 1. The number of aromatic nitrogens is 4. The van der Waals surface area contributed by atoms with Crippen molar-refractivity contribution in [3.63, 3.8) is 0 Å². The highest BCUT2D eigenvalue weighted by atomic mass is 32.1. The molecule has 2 N–H and O–H groups in total. The van der Waals surface area contributed by atoms with Crippen molar-refractivity contribution < 1.29 is 4.79 Å². The Labute approximate surface area is 148 Å². The summed E-state index contributed by atoms with van der Waals surface area (Å²) in [6.07, 6.45) is 1.65. The third kappa shape index (κ3) is 3.02. The van der Waals surface area contributed by atoms with Crippen LogP contribution in [-0.4, -0.2) is 32.2 Å². The first kappa shape index (κ1) is 15.8. The molecule has 0 saturated carbocycles. The molecule has 0 aliphatic rings. The smallest absolute Gasteiger partial charge is 0.261 e. The van der Waals surface area contributed by atoms with Crippen molar-refractivity contribution in [2.45, 2.75) is 19.8 Å². The molecule has 0 unspecified atom stereocenters. The minimum atomic E-state index is -0.0230. The average molecular weight is 353 g/mol. The molecule has 25 heavy (non-hydrogen) atoms. The molecule has 0 radical (unpaired) electrons. The molecule has 3 heterocycles. The number of para-hydroxylation sites is 2. The highest BCUT2D eigenvalue weighted by Gasteiger charge is 2.14. The van der Waals surface area contributed by atoms with Crippen LogP contribution >= 0.6 is 11.3 Å². The van der Waals surface area contributed by atoms with E-state index in [2.05, 4.69) is 20.4 Å². The highest BCUT2D eigenvalue weighted by molar-refractivity contribution is 7.20. The Kier molecular flexibility index (Phi) is 4.01. The van der Waals surface area contributed by atoms with E-state index in [-0.39, 0.29) is 5.91 Å². The Balaban J connectivity index is 1.34. The normalized spacial score (nSPS) is 11.4. The molecule has 0 spiro atoms. The molecule has 0 atom stereocenters. The second kappa shape index (κ2) is 6.33. The van der Waals surface area contributed by atoms with Crippen LogP contribution in [0.15, 0.2) is 30.3 Å². The highest BCUT2D eigenvalue weighted by Crippen LogP contribution is 2.27. The van der Waals surface area contributed by atoms with Crippen LogP contribution in [0, 0.1) is 6.92 Å². The Morgan fingerprint density at radius 3 is 3.00 bits per heavy atom. The quantitative estimate of drug-likeness (QED) is 0.541. The van der Waals surface area contributed by atoms with Gasteiger partial charge in [0.25, 0.3) is 5.91 Å². The summed E-state index contributed by atoms with van der Waals surface area (Å²) >= 11 is 1.48. The number of rotatable bonds is 5. The van der Waals surface area contributed by atoms with Crippen molar-refractivity contribution in [2.75, 3.05) is 6.54 Å². The average Bonchev–Trinajstić information content (AvgIpc) is 3.27. The van der Waals surface area contributed by atoms with E-state index in [0.29, 0.717) is 6.54 Å². The van der Waals surface area contributed by atoms with Crippen molar-refractivity contribution in [3.8, 4) is 0 Å². The number of fused-ring (bicyclic) bond motifs is 2. The van der Waals surface area contributed by atoms with Gasteiger partial charge in [-0.2, -0.15) is 5.10 Å². The molecule has 6 nitrogen and oxygen atoms in total. The van der Waals surface area contributed by atoms with Crippen molar-refractivity contribution >= 4 is 38.5 Å². The maximum atomic E-state index is 12.3. The molecule has 0 bridgehead atoms. The first-order valence-corrected chi connectivity index (χ1v) is 9.08. The molecule has 1 amide bonds. The van der Waals surface area contributed by atoms with Gasteiger partial charge in [0.05, 0.1) is 21.6 Å². The van der Waals surface area contributed by atoms with Gasteiger partial charge >= 0.3 is 0 Å². The second-order valence-corrected chi connectivity index (χ2v) is 7.13. The lowest BCUT2D eigenvalue weighted by molar-refractivity contribution is 0.0957. The molecule has 4 rings (SSSR count). The first-order chi connectivity index (χ1) is 12.1. The van der Waals surface area contributed by atoms with E-state index in [1.54, 1.807) is 0 Å². The van der Waals surface area contributed by atoms with E-state index in [1.807, 2.05) is 49.0 Å². The standard InChI is InChI=1S/C18H19N5OS/c1-11-12-10-15(25-18(12)23(2)22-11)17(24)19-9-5-8-16-20-13-6-3-4-7-14(13)21-16/h3-4,6-7,10H,5,8-9H2,1-2H3,(H,19,24)(H,20,21). The summed E-state index contributed by atoms with van der Waals surface area (Å²) < 4.78 is 1.83. The maximum absolute atomic E-state index is 12.3. The zero-order valence-electron chi connectivity index (χ0n) is 14.2. The summed E-state index contributed by atoms with van der Waals surface area (Å²) in [4.78, 5) is 22.0. The minimum absolute atomic E-state index is 0.0230. The van der Waals surface area contributed by atoms with Crippen LogP contribution in [-0.2, 0) is 13.5 Å². The number of imidazole rings is 1. The van der Waals surface area contributed by atoms with E-state index < -0.39 is 0 Å². The van der Waals surface area contributed by atoms with Crippen LogP contribution in [0.25, 0.3) is 21.3 Å². The summed E-state index contributed by atoms with van der Waals surface area (Å²) in [6.45, 7) is 2.59. The summed E-state index contributed by atoms with van der Waals surface area (Å²) in [5.41, 5.74) is 2.99. The largest absolute Gasteiger partial charge is 0.351 e. The summed E-state index contributed by atoms with van der Waals surface area (Å²) in [7, 11) is 1.90. The van der Waals surface area contributed by atoms with Gasteiger partial charge in [-0.15, -0.1) is 11.3 Å². The van der Waals surface area contributed by atoms with E-state index in [0.717, 1.165) is 50.5 Å². The number of nitrogens with zero attached hydrogens (tertiary/aromatic N) is 3. The van der Waals surface area contributed by atoms with Crippen LogP contribution in [0.3, 0.4) is 0 Å². The fourth-order valence-electron chi connectivity index (χ4n) is 2.99. The molecular formula is C18H19N5OS. The van der Waals surface area contributed by atoms with Crippen molar-refractivity contribution in [3.05, 3.63) is 46.7 Å². The fraction of sp³-hybridized carbons (Fsp3) is 0.278. The van der Waals surface area contributed by atoms with Crippen molar-refractivity contribution in [1.82, 2.24) is 25.1 Å². The molecule has 0 saturated heterocycles. The van der Waals surface area contributed by atoms with Crippen LogP contribution in [0.5, 0.6) is 0 Å². The van der Waals surface area contributed by atoms with Gasteiger partial charge in [0.2, 0.25) is 0 Å². The van der Waals surface area contributed by atoms with Gasteiger partial charge in [0.15, 0.2) is 0 Å². The van der Waals surface area contributed by atoms with Gasteiger partial charge in [-0.1, -0.05) is 12.1 Å². The monoisotopic (exact) mass is 353 g/mol. The minimum Gasteiger partial charge on any atom is -0.351 e. The van der Waals surface area contributed by atoms with Crippen LogP contribution in [0.2, 0.25) is 0 Å². The van der Waals surface area contributed by atoms with Gasteiger partial charge in [-0.25, -0.2) is 4.98 Å². The fourth-order valence-corrected chi connectivity index (χ4v) is 4.03. The second-order valence-electron chi connectivity index (χ2n) is 6.10. The van der Waals surface area contributed by atoms with E-state index in [4.69, 9.17) is 0 Å². The van der Waals surface area contributed by atoms with Crippen LogP contribution in [0.1, 0.15) is 27.6 Å². The lowest BCUT2D eigenvalue weighted by atomic mass is 10.3. The molecule has 0 aliphatic carbocycles. The SMILES string of the molecule is Cc1nn(C)c2sc(C(=O)NCCCc3nc4ccccc4[nH]3)cc12. The van der Waals surface area contributed by atoms with Crippen molar-refractivity contribution in [2.24, 2.45) is 7.05 Å². The zero-order valence-corrected chi connectivity index (χ0v) is 15.0. The Bertz CT molecular complexity index is 991. The molecule has 7 heteroatoms. The number of H-pyrrole nitrogens is 1. The predicted octanol–water partition coefficient (Wildman–Crippen LogP) is 3.18. The van der Waals surface area contributed by atoms with Crippen molar-refractivity contribution in [1.29, 1.82) is 0 Å². The molecule has 0 fully saturated rings. The Morgan fingerprint density at radius 2 is 2.20 bits per heavy atom. The van der Waals surface area contributed by atoms with E-state index in [9.17, 15) is 4.79 Å². The summed E-state index contributed by atoms with van der Waals surface area (Å²) in [5.74, 6) is 0.934. The van der Waals surface area contributed by atoms with Crippen LogP contribution in [0.4, 0.5) is 0 Å². The number of thiophene rings is 1. The van der Waals surface area contributed by atoms with E-state index >= 15 is 0 Å². The zero-order chi connectivity index (χ0) is 17.4. The predicted molar refractivity (Wildman–Crippen MR) is 100 cm³/mol. The third-order valence-corrected chi connectivity index (χ3v) is 5.43. The third-order valence-electron chi connectivity index (χ3n) is 4.23. The molecule has 1 aromatic carbocycles. The lowest BCUT2D eigenvalue weighted by Crippen LogP contribution is -2.23. The molecule has 4 aromatic rings. The molecular weight excluding hydrogens is 334 g/mol. The molecule has 0 aliphatic heterocycles. The van der Waals surface area contributed by atoms with Gasteiger partial charge < -0.3 is 10.3 Å². The molecule has 3 aromatic heterocycles.